The lowest BCUT2D eigenvalue weighted by Crippen LogP contribution is -2.23. The van der Waals surface area contributed by atoms with E-state index in [-0.39, 0.29) is 12.5 Å². The van der Waals surface area contributed by atoms with E-state index in [1.165, 1.54) is 11.8 Å². The predicted molar refractivity (Wildman–Crippen MR) is 109 cm³/mol. The molecule has 3 rings (SSSR count). The first-order valence-corrected chi connectivity index (χ1v) is 9.38. The minimum Gasteiger partial charge on any atom is -0.479 e. The number of carbonyl (C=O) groups excluding carboxylic acids is 1. The molecule has 136 valence electrons. The topological polar surface area (TPSA) is 65.7 Å². The number of amides is 1. The van der Waals surface area contributed by atoms with Crippen molar-refractivity contribution in [3.05, 3.63) is 64.6 Å². The fourth-order valence-corrected chi connectivity index (χ4v) is 3.58. The monoisotopic (exact) mass is 377 g/mol. The van der Waals surface area contributed by atoms with Crippen LogP contribution in [0.3, 0.4) is 0 Å². The molecule has 0 radical (unpaired) electrons. The van der Waals surface area contributed by atoms with E-state index in [9.17, 15) is 4.79 Å². The maximum absolute atomic E-state index is 12.6. The highest BCUT2D eigenvalue weighted by molar-refractivity contribution is 8.18. The molecule has 0 spiro atoms. The zero-order valence-corrected chi connectivity index (χ0v) is 16.0. The second-order valence-electron chi connectivity index (χ2n) is 5.87. The van der Waals surface area contributed by atoms with E-state index in [2.05, 4.69) is 6.92 Å². The molecule has 0 bridgehead atoms. The van der Waals surface area contributed by atoms with Crippen molar-refractivity contribution < 1.29 is 9.53 Å². The Morgan fingerprint density at radius 1 is 1.22 bits per heavy atom. The number of hydrogen-bond donors (Lipinski definition) is 0. The maximum atomic E-state index is 12.6. The van der Waals surface area contributed by atoms with Gasteiger partial charge >= 0.3 is 0 Å². The molecule has 27 heavy (non-hydrogen) atoms. The number of para-hydroxylation sites is 1. The summed E-state index contributed by atoms with van der Waals surface area (Å²) in [5, 5.41) is 9.22. The highest BCUT2D eigenvalue weighted by atomic mass is 32.2. The van der Waals surface area contributed by atoms with Crippen LogP contribution >= 0.6 is 11.8 Å². The number of rotatable bonds is 5. The molecule has 5 nitrogen and oxygen atoms in total. The highest BCUT2D eigenvalue weighted by Crippen LogP contribution is 2.34. The Balaban J connectivity index is 1.82. The molecule has 1 fully saturated rings. The molecule has 1 saturated heterocycles. The minimum atomic E-state index is -0.0717. The normalized spacial score (nSPS) is 16.8. The Kier molecular flexibility index (Phi) is 5.94. The van der Waals surface area contributed by atoms with Crippen molar-refractivity contribution in [2.24, 2.45) is 4.99 Å². The van der Waals surface area contributed by atoms with Gasteiger partial charge in [-0.25, -0.2) is 4.99 Å². The van der Waals surface area contributed by atoms with Gasteiger partial charge in [-0.05, 0) is 53.6 Å². The van der Waals surface area contributed by atoms with Crippen LogP contribution < -0.4 is 4.74 Å². The van der Waals surface area contributed by atoms with Gasteiger partial charge in [0.2, 0.25) is 0 Å². The average Bonchev–Trinajstić information content (AvgIpc) is 2.95. The second-order valence-corrected chi connectivity index (χ2v) is 6.88. The number of nitriles is 1. The van der Waals surface area contributed by atoms with Crippen LogP contribution in [0.5, 0.6) is 5.75 Å². The third-order valence-corrected chi connectivity index (χ3v) is 5.13. The lowest BCUT2D eigenvalue weighted by molar-refractivity contribution is -0.121. The Labute approximate surface area is 163 Å². The number of hydrogen-bond acceptors (Lipinski definition) is 5. The Hall–Kier alpha value is -3.04. The molecule has 0 saturated carbocycles. The number of thioether (sulfide) groups is 1. The van der Waals surface area contributed by atoms with Gasteiger partial charge in [-0.2, -0.15) is 5.26 Å². The van der Waals surface area contributed by atoms with E-state index in [4.69, 9.17) is 15.0 Å². The van der Waals surface area contributed by atoms with Crippen molar-refractivity contribution in [1.29, 1.82) is 5.26 Å². The number of aryl methyl sites for hydroxylation is 1. The molecule has 2 aromatic rings. The van der Waals surface area contributed by atoms with Gasteiger partial charge in [-0.15, -0.1) is 0 Å². The SMILES string of the molecule is CCc1ccccc1N=C1S/C(=C\c2ccc(OCC#N)cc2)C(=O)N1C. The number of benzene rings is 2. The van der Waals surface area contributed by atoms with Crippen LogP contribution in [0.2, 0.25) is 0 Å². The molecule has 1 heterocycles. The van der Waals surface area contributed by atoms with Crippen LogP contribution in [-0.2, 0) is 11.2 Å². The summed E-state index contributed by atoms with van der Waals surface area (Å²) in [5.74, 6) is 0.553. The first-order valence-electron chi connectivity index (χ1n) is 8.56. The summed E-state index contributed by atoms with van der Waals surface area (Å²) in [7, 11) is 1.74. The summed E-state index contributed by atoms with van der Waals surface area (Å²) in [6.07, 6.45) is 2.73. The third-order valence-electron chi connectivity index (χ3n) is 4.07. The fraction of sp³-hybridized carbons (Fsp3) is 0.190. The quantitative estimate of drug-likeness (QED) is 0.725. The van der Waals surface area contributed by atoms with Crippen molar-refractivity contribution in [3.8, 4) is 11.8 Å². The van der Waals surface area contributed by atoms with Crippen LogP contribution in [0, 0.1) is 11.3 Å². The van der Waals surface area contributed by atoms with Gasteiger partial charge < -0.3 is 4.74 Å². The summed E-state index contributed by atoms with van der Waals surface area (Å²) in [5.41, 5.74) is 2.93. The molecule has 0 unspecified atom stereocenters. The molecule has 0 aliphatic carbocycles. The first kappa shape index (κ1) is 18.7. The van der Waals surface area contributed by atoms with Crippen molar-refractivity contribution in [2.45, 2.75) is 13.3 Å². The summed E-state index contributed by atoms with van der Waals surface area (Å²) in [4.78, 5) is 19.5. The minimum absolute atomic E-state index is 0.0125. The van der Waals surface area contributed by atoms with Crippen molar-refractivity contribution >= 4 is 34.6 Å². The molecular weight excluding hydrogens is 358 g/mol. The van der Waals surface area contributed by atoms with Gasteiger partial charge in [0.15, 0.2) is 11.8 Å². The number of nitrogens with zero attached hydrogens (tertiary/aromatic N) is 3. The molecule has 6 heteroatoms. The van der Waals surface area contributed by atoms with E-state index in [0.29, 0.717) is 15.8 Å². The third kappa shape index (κ3) is 4.39. The van der Waals surface area contributed by atoms with Gasteiger partial charge in [-0.1, -0.05) is 37.3 Å². The van der Waals surface area contributed by atoms with Crippen LogP contribution in [0.25, 0.3) is 6.08 Å². The van der Waals surface area contributed by atoms with E-state index in [1.54, 1.807) is 24.1 Å². The van der Waals surface area contributed by atoms with Gasteiger partial charge in [0.05, 0.1) is 10.6 Å². The van der Waals surface area contributed by atoms with Crippen molar-refractivity contribution in [1.82, 2.24) is 4.90 Å². The van der Waals surface area contributed by atoms with E-state index >= 15 is 0 Å². The molecule has 1 aliphatic rings. The van der Waals surface area contributed by atoms with Gasteiger partial charge in [0.1, 0.15) is 11.8 Å². The lowest BCUT2D eigenvalue weighted by Gasteiger charge is -2.08. The number of aliphatic imine (C=N–C) groups is 1. The van der Waals surface area contributed by atoms with Crippen LogP contribution in [-0.4, -0.2) is 29.6 Å². The maximum Gasteiger partial charge on any atom is 0.266 e. The highest BCUT2D eigenvalue weighted by Gasteiger charge is 2.30. The largest absolute Gasteiger partial charge is 0.479 e. The van der Waals surface area contributed by atoms with E-state index in [1.807, 2.05) is 48.5 Å². The van der Waals surface area contributed by atoms with E-state index < -0.39 is 0 Å². The van der Waals surface area contributed by atoms with Gasteiger partial charge in [0.25, 0.3) is 5.91 Å². The molecule has 0 N–H and O–H groups in total. The van der Waals surface area contributed by atoms with Crippen LogP contribution in [0.4, 0.5) is 5.69 Å². The Morgan fingerprint density at radius 2 is 1.96 bits per heavy atom. The number of ether oxygens (including phenoxy) is 1. The van der Waals surface area contributed by atoms with Crippen molar-refractivity contribution in [3.63, 3.8) is 0 Å². The molecule has 1 aliphatic heterocycles. The number of likely N-dealkylation sites (N-methyl/N-ethyl adjacent to an activating group) is 1. The van der Waals surface area contributed by atoms with E-state index in [0.717, 1.165) is 23.2 Å². The zero-order chi connectivity index (χ0) is 19.2. The molecule has 0 aromatic heterocycles. The number of carbonyl (C=O) groups is 1. The number of amidine groups is 1. The summed E-state index contributed by atoms with van der Waals surface area (Å²) >= 11 is 1.37. The predicted octanol–water partition coefficient (Wildman–Crippen LogP) is 4.39. The summed E-state index contributed by atoms with van der Waals surface area (Å²) < 4.78 is 5.24. The Morgan fingerprint density at radius 3 is 2.67 bits per heavy atom. The van der Waals surface area contributed by atoms with Crippen LogP contribution in [0.15, 0.2) is 58.4 Å². The summed E-state index contributed by atoms with van der Waals surface area (Å²) in [6.45, 7) is 2.10. The van der Waals surface area contributed by atoms with Gasteiger partial charge in [0, 0.05) is 7.05 Å². The smallest absolute Gasteiger partial charge is 0.266 e. The average molecular weight is 377 g/mol. The van der Waals surface area contributed by atoms with Gasteiger partial charge in [-0.3, -0.25) is 9.69 Å². The first-order chi connectivity index (χ1) is 13.1. The second kappa shape index (κ2) is 8.56. The standard InChI is InChI=1S/C21H19N3O2S/c1-3-16-6-4-5-7-18(16)23-21-24(2)20(25)19(27-21)14-15-8-10-17(11-9-15)26-13-12-22/h4-11,14H,3,13H2,1-2H3/b19-14-,23-21?. The lowest BCUT2D eigenvalue weighted by atomic mass is 10.1. The fourth-order valence-electron chi connectivity index (χ4n) is 2.60. The molecule has 2 aromatic carbocycles. The zero-order valence-electron chi connectivity index (χ0n) is 15.2. The van der Waals surface area contributed by atoms with Crippen LogP contribution in [0.1, 0.15) is 18.1 Å². The molecule has 0 atom stereocenters. The molecular formula is C21H19N3O2S. The Bertz CT molecular complexity index is 943. The molecule has 1 amide bonds. The summed E-state index contributed by atoms with van der Waals surface area (Å²) in [6, 6.07) is 17.2. The van der Waals surface area contributed by atoms with Crippen molar-refractivity contribution in [2.75, 3.05) is 13.7 Å².